The summed E-state index contributed by atoms with van der Waals surface area (Å²) in [6.07, 6.45) is 2.26. The van der Waals surface area contributed by atoms with Crippen molar-refractivity contribution in [3.8, 4) is 0 Å². The van der Waals surface area contributed by atoms with Gasteiger partial charge in [0.1, 0.15) is 0 Å². The fraction of sp³-hybridized carbons (Fsp3) is 0.364. The number of aliphatic hydroxyl groups is 1. The molecule has 140 valence electrons. The first-order chi connectivity index (χ1) is 13.1. The van der Waals surface area contributed by atoms with Gasteiger partial charge < -0.3 is 0 Å². The molecule has 0 aliphatic carbocycles. The Morgan fingerprint density at radius 3 is 2.11 bits per heavy atom. The molecule has 0 aliphatic heterocycles. The number of benzene rings is 2. The number of ketones is 1. The summed E-state index contributed by atoms with van der Waals surface area (Å²) in [5.41, 5.74) is 2.11. The van der Waals surface area contributed by atoms with E-state index < -0.39 is 12.1 Å². The molecule has 0 radical (unpaired) electrons. The van der Waals surface area contributed by atoms with E-state index in [1.807, 2.05) is 67.6 Å². The van der Waals surface area contributed by atoms with Gasteiger partial charge in [0, 0.05) is 0 Å². The Labute approximate surface area is 161 Å². The van der Waals surface area contributed by atoms with Crippen LogP contribution in [0.4, 0.5) is 0 Å². The number of carbonyl (C=O) groups is 1. The second-order valence-electron chi connectivity index (χ2n) is 6.70. The van der Waals surface area contributed by atoms with Gasteiger partial charge in [0.05, 0.1) is 0 Å². The third-order valence-corrected chi connectivity index (χ3v) is 4.72. The molecule has 3 unspecified atom stereocenters. The SMILES string of the molecule is CCC(=O)C(Cc1ccccc1)CC(O)C(Cc1ccccc1)N=CB=O. The van der Waals surface area contributed by atoms with Crippen molar-refractivity contribution in [3.05, 3.63) is 71.8 Å². The van der Waals surface area contributed by atoms with Crippen molar-refractivity contribution in [2.24, 2.45) is 10.9 Å². The summed E-state index contributed by atoms with van der Waals surface area (Å²) in [4.78, 5) is 16.7. The number of aliphatic hydroxyl groups excluding tert-OH is 1. The van der Waals surface area contributed by atoms with E-state index in [1.165, 1.54) is 6.11 Å². The van der Waals surface area contributed by atoms with E-state index in [0.29, 0.717) is 32.8 Å². The first-order valence-corrected chi connectivity index (χ1v) is 9.39. The van der Waals surface area contributed by atoms with E-state index in [1.54, 1.807) is 0 Å². The van der Waals surface area contributed by atoms with E-state index in [-0.39, 0.29) is 11.7 Å². The van der Waals surface area contributed by atoms with Crippen molar-refractivity contribution in [1.82, 2.24) is 0 Å². The van der Waals surface area contributed by atoms with E-state index >= 15 is 0 Å². The summed E-state index contributed by atoms with van der Waals surface area (Å²) in [7, 11) is 0.614. The van der Waals surface area contributed by atoms with Crippen LogP contribution >= 0.6 is 0 Å². The van der Waals surface area contributed by atoms with Crippen LogP contribution in [0.15, 0.2) is 65.7 Å². The minimum absolute atomic E-state index is 0.135. The molecule has 0 bridgehead atoms. The molecule has 0 fully saturated rings. The number of carbonyl (C=O) groups excluding carboxylic acids is 1. The molecule has 5 heteroatoms. The van der Waals surface area contributed by atoms with Crippen LogP contribution in [-0.2, 0) is 22.3 Å². The molecule has 4 nitrogen and oxygen atoms in total. The van der Waals surface area contributed by atoms with Gasteiger partial charge >= 0.3 is 161 Å². The Morgan fingerprint density at radius 2 is 1.59 bits per heavy atom. The molecule has 0 saturated carbocycles. The monoisotopic (exact) mass is 363 g/mol. The van der Waals surface area contributed by atoms with Crippen LogP contribution in [0, 0.1) is 5.92 Å². The van der Waals surface area contributed by atoms with Crippen LogP contribution < -0.4 is 0 Å². The maximum absolute atomic E-state index is 12.4. The minimum atomic E-state index is -0.800. The molecule has 0 heterocycles. The zero-order chi connectivity index (χ0) is 19.5. The summed E-state index contributed by atoms with van der Waals surface area (Å²) in [6, 6.07) is 19.1. The molecular weight excluding hydrogens is 337 g/mol. The normalized spacial score (nSPS) is 14.4. The first kappa shape index (κ1) is 20.9. The molecule has 0 spiro atoms. The van der Waals surface area contributed by atoms with E-state index in [0.717, 1.165) is 11.1 Å². The number of hydrogen-bond acceptors (Lipinski definition) is 4. The second kappa shape index (κ2) is 11.3. The van der Waals surface area contributed by atoms with Crippen molar-refractivity contribution in [2.45, 2.75) is 44.8 Å². The molecule has 0 saturated heterocycles. The maximum atomic E-state index is 12.4. The Morgan fingerprint density at radius 1 is 1.04 bits per heavy atom. The molecule has 2 aromatic rings. The fourth-order valence-corrected chi connectivity index (χ4v) is 3.25. The standard InChI is InChI=1S/C22H26BNO3/c1-2-21(25)19(13-17-9-5-3-6-10-17)15-22(26)20(24-16-23-27)14-18-11-7-4-8-12-18/h3-12,16,19-20,22,26H,2,13-15H2,1H3. The van der Waals surface area contributed by atoms with Crippen molar-refractivity contribution in [1.29, 1.82) is 0 Å². The predicted octanol–water partition coefficient (Wildman–Crippen LogP) is 3.26. The molecule has 1 N–H and O–H groups in total. The van der Waals surface area contributed by atoms with Crippen molar-refractivity contribution in [3.63, 3.8) is 0 Å². The van der Waals surface area contributed by atoms with E-state index in [2.05, 4.69) is 4.99 Å². The van der Waals surface area contributed by atoms with Crippen LogP contribution in [0.2, 0.25) is 0 Å². The molecule has 0 amide bonds. The van der Waals surface area contributed by atoms with Crippen LogP contribution in [0.3, 0.4) is 0 Å². The summed E-state index contributed by atoms with van der Waals surface area (Å²) >= 11 is 0. The molecule has 2 aromatic carbocycles. The molecular formula is C22H26BNO3. The zero-order valence-electron chi connectivity index (χ0n) is 15.7. The van der Waals surface area contributed by atoms with Gasteiger partial charge in [0.25, 0.3) is 0 Å². The van der Waals surface area contributed by atoms with Crippen LogP contribution in [0.5, 0.6) is 0 Å². The van der Waals surface area contributed by atoms with Crippen LogP contribution in [-0.4, -0.2) is 36.3 Å². The van der Waals surface area contributed by atoms with Gasteiger partial charge in [-0.3, -0.25) is 0 Å². The Hall–Kier alpha value is -2.40. The summed E-state index contributed by atoms with van der Waals surface area (Å²) in [5, 5.41) is 10.8. The summed E-state index contributed by atoms with van der Waals surface area (Å²) in [5.74, 6) is -0.132. The van der Waals surface area contributed by atoms with Crippen molar-refractivity contribution >= 4 is 19.0 Å². The zero-order valence-corrected chi connectivity index (χ0v) is 15.7. The molecule has 0 aromatic heterocycles. The van der Waals surface area contributed by atoms with Crippen LogP contribution in [0.25, 0.3) is 0 Å². The van der Waals surface area contributed by atoms with E-state index in [4.69, 9.17) is 0 Å². The van der Waals surface area contributed by atoms with Gasteiger partial charge in [-0.05, 0) is 0 Å². The van der Waals surface area contributed by atoms with Crippen molar-refractivity contribution in [2.75, 3.05) is 0 Å². The van der Waals surface area contributed by atoms with Gasteiger partial charge in [-0.15, -0.1) is 0 Å². The molecule has 0 aliphatic rings. The topological polar surface area (TPSA) is 66.7 Å². The van der Waals surface area contributed by atoms with Gasteiger partial charge in [-0.25, -0.2) is 0 Å². The average Bonchev–Trinajstić information content (AvgIpc) is 2.71. The number of rotatable bonds is 11. The summed E-state index contributed by atoms with van der Waals surface area (Å²) in [6.45, 7) is 1.85. The van der Waals surface area contributed by atoms with Gasteiger partial charge in [-0.1, -0.05) is 0 Å². The fourth-order valence-electron chi connectivity index (χ4n) is 3.25. The number of aliphatic imine (C=N–C) groups is 1. The van der Waals surface area contributed by atoms with Gasteiger partial charge in [0.15, 0.2) is 0 Å². The number of Topliss-reactive ketones (excluding diaryl/α,β-unsaturated/α-hetero) is 1. The molecule has 2 rings (SSSR count). The van der Waals surface area contributed by atoms with Gasteiger partial charge in [-0.2, -0.15) is 0 Å². The third kappa shape index (κ3) is 7.02. The Balaban J connectivity index is 2.12. The molecule has 27 heavy (non-hydrogen) atoms. The number of hydrogen-bond donors (Lipinski definition) is 1. The second-order valence-corrected chi connectivity index (χ2v) is 6.70. The average molecular weight is 363 g/mol. The molecule has 3 atom stereocenters. The summed E-state index contributed by atoms with van der Waals surface area (Å²) < 4.78 is 10.7. The Bertz CT molecular complexity index is 734. The number of nitrogens with zero attached hydrogens (tertiary/aromatic N) is 1. The quantitative estimate of drug-likeness (QED) is 0.492. The predicted molar refractivity (Wildman–Crippen MR) is 108 cm³/mol. The van der Waals surface area contributed by atoms with E-state index in [9.17, 15) is 14.6 Å². The van der Waals surface area contributed by atoms with Gasteiger partial charge in [0.2, 0.25) is 0 Å². The third-order valence-electron chi connectivity index (χ3n) is 4.72. The van der Waals surface area contributed by atoms with Crippen molar-refractivity contribution < 1.29 is 14.6 Å². The first-order valence-electron chi connectivity index (χ1n) is 9.39. The Kier molecular flexibility index (Phi) is 8.79. The van der Waals surface area contributed by atoms with Crippen LogP contribution in [0.1, 0.15) is 30.9 Å².